The molecule has 7 nitrogen and oxygen atoms in total. The molecule has 0 unspecified atom stereocenters. The number of benzene rings is 3. The van der Waals surface area contributed by atoms with E-state index in [9.17, 15) is 0 Å². The molecule has 8 heteroatoms. The molecule has 3 heterocycles. The van der Waals surface area contributed by atoms with Crippen LogP contribution in [0.5, 0.6) is 23.0 Å². The van der Waals surface area contributed by atoms with Gasteiger partial charge in [-0.05, 0) is 48.4 Å². The van der Waals surface area contributed by atoms with E-state index in [1.165, 1.54) is 11.7 Å². The molecule has 0 aliphatic carbocycles. The average molecular weight is 460 g/mol. The standard InChI is InChI=1S/C25H21N3O4S/c1-14-25(16-5-6-18-19(9-16)27-33-26-18)17-10-22(29-2)23(30-3)11-20(17)28(14)12-15-4-7-21-24(8-15)32-13-31-21/h4-11H,12-13H2,1-3H3. The molecule has 6 rings (SSSR count). The highest BCUT2D eigenvalue weighted by Crippen LogP contribution is 2.42. The fourth-order valence-corrected chi connectivity index (χ4v) is 5.05. The van der Waals surface area contributed by atoms with Crippen molar-refractivity contribution in [3.8, 4) is 34.1 Å². The first-order valence-electron chi connectivity index (χ1n) is 10.5. The summed E-state index contributed by atoms with van der Waals surface area (Å²) >= 11 is 1.23. The first-order valence-corrected chi connectivity index (χ1v) is 11.3. The number of methoxy groups -OCH3 is 2. The molecule has 2 aromatic heterocycles. The zero-order chi connectivity index (χ0) is 22.5. The number of nitrogens with zero attached hydrogens (tertiary/aromatic N) is 3. The van der Waals surface area contributed by atoms with E-state index >= 15 is 0 Å². The molecule has 33 heavy (non-hydrogen) atoms. The molecule has 5 aromatic rings. The Morgan fingerprint density at radius 2 is 1.70 bits per heavy atom. The molecule has 1 aliphatic heterocycles. The second kappa shape index (κ2) is 7.67. The van der Waals surface area contributed by atoms with Crippen molar-refractivity contribution in [2.75, 3.05) is 21.0 Å². The lowest BCUT2D eigenvalue weighted by Gasteiger charge is -2.12. The number of hydrogen-bond acceptors (Lipinski definition) is 7. The topological polar surface area (TPSA) is 67.6 Å². The predicted octanol–water partition coefficient (Wildman–Crippen LogP) is 5.42. The molecule has 0 bridgehead atoms. The maximum Gasteiger partial charge on any atom is 0.231 e. The van der Waals surface area contributed by atoms with Crippen molar-refractivity contribution >= 4 is 33.7 Å². The van der Waals surface area contributed by atoms with Crippen LogP contribution in [0.4, 0.5) is 0 Å². The highest BCUT2D eigenvalue weighted by molar-refractivity contribution is 7.00. The number of fused-ring (bicyclic) bond motifs is 3. The van der Waals surface area contributed by atoms with Gasteiger partial charge in [-0.2, -0.15) is 8.75 Å². The Balaban J connectivity index is 1.57. The number of hydrogen-bond donors (Lipinski definition) is 0. The highest BCUT2D eigenvalue weighted by atomic mass is 32.1. The lowest BCUT2D eigenvalue weighted by Crippen LogP contribution is -2.02. The first-order chi connectivity index (χ1) is 16.2. The van der Waals surface area contributed by atoms with Crippen LogP contribution in [0.25, 0.3) is 33.1 Å². The summed E-state index contributed by atoms with van der Waals surface area (Å²) in [5, 5.41) is 1.09. The molecular weight excluding hydrogens is 438 g/mol. The fourth-order valence-electron chi connectivity index (χ4n) is 4.53. The van der Waals surface area contributed by atoms with Crippen LogP contribution in [0.3, 0.4) is 0 Å². The molecule has 0 N–H and O–H groups in total. The van der Waals surface area contributed by atoms with Gasteiger partial charge in [0.1, 0.15) is 11.0 Å². The first kappa shape index (κ1) is 19.9. The zero-order valence-corrected chi connectivity index (χ0v) is 19.2. The van der Waals surface area contributed by atoms with E-state index in [-0.39, 0.29) is 6.79 Å². The zero-order valence-electron chi connectivity index (χ0n) is 18.4. The Hall–Kier alpha value is -3.78. The summed E-state index contributed by atoms with van der Waals surface area (Å²) in [7, 11) is 3.32. The monoisotopic (exact) mass is 459 g/mol. The predicted molar refractivity (Wildman–Crippen MR) is 128 cm³/mol. The average Bonchev–Trinajstić information content (AvgIpc) is 3.55. The maximum absolute atomic E-state index is 5.63. The van der Waals surface area contributed by atoms with Crippen LogP contribution in [0.15, 0.2) is 48.5 Å². The van der Waals surface area contributed by atoms with Crippen molar-refractivity contribution in [2.24, 2.45) is 0 Å². The largest absolute Gasteiger partial charge is 0.493 e. The number of aromatic nitrogens is 3. The number of ether oxygens (including phenoxy) is 4. The quantitative estimate of drug-likeness (QED) is 0.350. The molecule has 0 saturated heterocycles. The minimum atomic E-state index is 0.263. The Kier molecular flexibility index (Phi) is 4.62. The van der Waals surface area contributed by atoms with Crippen molar-refractivity contribution in [2.45, 2.75) is 13.5 Å². The summed E-state index contributed by atoms with van der Waals surface area (Å²) in [6.07, 6.45) is 0. The summed E-state index contributed by atoms with van der Waals surface area (Å²) in [6.45, 7) is 3.08. The van der Waals surface area contributed by atoms with E-state index in [1.807, 2.05) is 24.3 Å². The second-order valence-electron chi connectivity index (χ2n) is 7.93. The van der Waals surface area contributed by atoms with Gasteiger partial charge in [0.25, 0.3) is 0 Å². The van der Waals surface area contributed by atoms with Gasteiger partial charge < -0.3 is 23.5 Å². The molecular formula is C25H21N3O4S. The molecule has 0 radical (unpaired) electrons. The smallest absolute Gasteiger partial charge is 0.231 e. The molecule has 0 amide bonds. The summed E-state index contributed by atoms with van der Waals surface area (Å²) in [5.74, 6) is 2.95. The van der Waals surface area contributed by atoms with Crippen LogP contribution in [0.2, 0.25) is 0 Å². The maximum atomic E-state index is 5.63. The molecule has 0 saturated carbocycles. The van der Waals surface area contributed by atoms with Crippen LogP contribution >= 0.6 is 11.7 Å². The Morgan fingerprint density at radius 3 is 2.55 bits per heavy atom. The Morgan fingerprint density at radius 1 is 0.909 bits per heavy atom. The van der Waals surface area contributed by atoms with E-state index in [4.69, 9.17) is 18.9 Å². The lowest BCUT2D eigenvalue weighted by atomic mass is 10.0. The van der Waals surface area contributed by atoms with E-state index < -0.39 is 0 Å². The summed E-state index contributed by atoms with van der Waals surface area (Å²) in [4.78, 5) is 0. The summed E-state index contributed by atoms with van der Waals surface area (Å²) in [5.41, 5.74) is 7.37. The van der Waals surface area contributed by atoms with E-state index in [0.29, 0.717) is 18.0 Å². The van der Waals surface area contributed by atoms with Gasteiger partial charge in [0.05, 0.1) is 31.5 Å². The van der Waals surface area contributed by atoms with Crippen LogP contribution in [-0.4, -0.2) is 34.3 Å². The van der Waals surface area contributed by atoms with Crippen molar-refractivity contribution in [3.63, 3.8) is 0 Å². The van der Waals surface area contributed by atoms with Crippen molar-refractivity contribution < 1.29 is 18.9 Å². The molecule has 1 aliphatic rings. The van der Waals surface area contributed by atoms with Gasteiger partial charge in [0, 0.05) is 29.3 Å². The normalized spacial score (nSPS) is 12.6. The third-order valence-electron chi connectivity index (χ3n) is 6.15. The van der Waals surface area contributed by atoms with Crippen LogP contribution < -0.4 is 18.9 Å². The molecule has 0 spiro atoms. The van der Waals surface area contributed by atoms with Crippen molar-refractivity contribution in [3.05, 3.63) is 59.8 Å². The van der Waals surface area contributed by atoms with Gasteiger partial charge in [-0.3, -0.25) is 0 Å². The molecule has 0 atom stereocenters. The summed E-state index contributed by atoms with van der Waals surface area (Å²) in [6, 6.07) is 16.4. The van der Waals surface area contributed by atoms with E-state index in [0.717, 1.165) is 55.8 Å². The van der Waals surface area contributed by atoms with Crippen LogP contribution in [-0.2, 0) is 6.54 Å². The van der Waals surface area contributed by atoms with Gasteiger partial charge >= 0.3 is 0 Å². The Bertz CT molecular complexity index is 1520. The Labute approximate surface area is 194 Å². The molecule has 166 valence electrons. The molecule has 0 fully saturated rings. The van der Waals surface area contributed by atoms with E-state index in [2.05, 4.69) is 44.5 Å². The number of rotatable bonds is 5. The van der Waals surface area contributed by atoms with Crippen molar-refractivity contribution in [1.82, 2.24) is 13.3 Å². The van der Waals surface area contributed by atoms with Gasteiger partial charge in [-0.25, -0.2) is 0 Å². The van der Waals surface area contributed by atoms with Gasteiger partial charge in [-0.15, -0.1) is 0 Å². The van der Waals surface area contributed by atoms with Crippen molar-refractivity contribution in [1.29, 1.82) is 0 Å². The summed E-state index contributed by atoms with van der Waals surface area (Å²) < 4.78 is 33.4. The minimum Gasteiger partial charge on any atom is -0.493 e. The van der Waals surface area contributed by atoms with Crippen LogP contribution in [0.1, 0.15) is 11.3 Å². The van der Waals surface area contributed by atoms with Gasteiger partial charge in [-0.1, -0.05) is 12.1 Å². The molecule has 3 aromatic carbocycles. The fraction of sp³-hybridized carbons (Fsp3) is 0.200. The SMILES string of the molecule is COc1cc2c(-c3ccc4nsnc4c3)c(C)n(Cc3ccc4c(c3)OCO4)c2cc1OC. The van der Waals surface area contributed by atoms with Gasteiger partial charge in [0.2, 0.25) is 6.79 Å². The van der Waals surface area contributed by atoms with E-state index in [1.54, 1.807) is 14.2 Å². The highest BCUT2D eigenvalue weighted by Gasteiger charge is 2.21. The second-order valence-corrected chi connectivity index (χ2v) is 8.45. The van der Waals surface area contributed by atoms with Crippen LogP contribution in [0, 0.1) is 6.92 Å². The lowest BCUT2D eigenvalue weighted by molar-refractivity contribution is 0.174. The third kappa shape index (κ3) is 3.17. The van der Waals surface area contributed by atoms with Gasteiger partial charge in [0.15, 0.2) is 23.0 Å². The minimum absolute atomic E-state index is 0.263. The third-order valence-corrected chi connectivity index (χ3v) is 6.71.